The second kappa shape index (κ2) is 4.97. The average Bonchev–Trinajstić information content (AvgIpc) is 2.38. The number of benzene rings is 1. The van der Waals surface area contributed by atoms with Crippen LogP contribution in [-0.4, -0.2) is 18.6 Å². The van der Waals surface area contributed by atoms with Crippen LogP contribution in [0, 0.1) is 13.8 Å². The summed E-state index contributed by atoms with van der Waals surface area (Å²) in [7, 11) is -3.80. The smallest absolute Gasteiger partial charge is 0.264 e. The molecule has 0 amide bonds. The summed E-state index contributed by atoms with van der Waals surface area (Å²) in [6.07, 6.45) is 0. The van der Waals surface area contributed by atoms with E-state index in [4.69, 9.17) is 5.73 Å². The first kappa shape index (κ1) is 14.1. The zero-order valence-corrected chi connectivity index (χ0v) is 11.8. The Labute approximate surface area is 115 Å². The molecule has 0 saturated carbocycles. The van der Waals surface area contributed by atoms with E-state index in [0.29, 0.717) is 5.69 Å². The average molecular weight is 294 g/mol. The lowest BCUT2D eigenvalue weighted by Crippen LogP contribution is -2.17. The van der Waals surface area contributed by atoms with E-state index in [1.165, 1.54) is 24.3 Å². The maximum absolute atomic E-state index is 12.2. The van der Waals surface area contributed by atoms with Gasteiger partial charge in [-0.1, -0.05) is 0 Å². The van der Waals surface area contributed by atoms with Crippen molar-refractivity contribution in [2.75, 3.05) is 10.5 Å². The summed E-state index contributed by atoms with van der Waals surface area (Å²) in [4.78, 5) is 10.9. The lowest BCUT2D eigenvalue weighted by Gasteiger charge is -2.10. The molecule has 0 bridgehead atoms. The molecule has 1 aromatic carbocycles. The lowest BCUT2D eigenvalue weighted by atomic mass is 10.1. The fourth-order valence-electron chi connectivity index (χ4n) is 1.61. The van der Waals surface area contributed by atoms with Gasteiger partial charge in [-0.2, -0.15) is 5.10 Å². The summed E-state index contributed by atoms with van der Waals surface area (Å²) in [6.45, 7) is 3.60. The molecule has 0 fully saturated rings. The van der Waals surface area contributed by atoms with Gasteiger partial charge in [0.1, 0.15) is 0 Å². The van der Waals surface area contributed by atoms with Crippen LogP contribution in [0.4, 0.5) is 11.5 Å². The van der Waals surface area contributed by atoms with Gasteiger partial charge in [-0.3, -0.25) is 9.52 Å². The molecule has 2 aromatic rings. The van der Waals surface area contributed by atoms with E-state index in [2.05, 4.69) is 14.9 Å². The highest BCUT2D eigenvalue weighted by atomic mass is 32.2. The highest BCUT2D eigenvalue weighted by Gasteiger charge is 2.17. The van der Waals surface area contributed by atoms with Gasteiger partial charge in [0, 0.05) is 11.8 Å². The van der Waals surface area contributed by atoms with Crippen LogP contribution >= 0.6 is 0 Å². The number of hydrogen-bond donors (Lipinski definition) is 3. The van der Waals surface area contributed by atoms with Crippen molar-refractivity contribution in [1.29, 1.82) is 0 Å². The van der Waals surface area contributed by atoms with Crippen molar-refractivity contribution in [2.24, 2.45) is 0 Å². The van der Waals surface area contributed by atoms with Crippen LogP contribution in [0.5, 0.6) is 0 Å². The zero-order chi connectivity index (χ0) is 14.9. The number of sulfonamides is 1. The van der Waals surface area contributed by atoms with E-state index in [9.17, 15) is 13.2 Å². The van der Waals surface area contributed by atoms with Crippen LogP contribution in [0.3, 0.4) is 0 Å². The quantitative estimate of drug-likeness (QED) is 0.723. The van der Waals surface area contributed by atoms with Gasteiger partial charge in [0.25, 0.3) is 15.6 Å². The summed E-state index contributed by atoms with van der Waals surface area (Å²) < 4.78 is 26.7. The summed E-state index contributed by atoms with van der Waals surface area (Å²) >= 11 is 0. The minimum absolute atomic E-state index is 0.0291. The van der Waals surface area contributed by atoms with Gasteiger partial charge < -0.3 is 5.73 Å². The summed E-state index contributed by atoms with van der Waals surface area (Å²) in [5.41, 5.74) is 7.38. The first-order valence-corrected chi connectivity index (χ1v) is 7.23. The Balaban J connectivity index is 2.40. The van der Waals surface area contributed by atoms with E-state index < -0.39 is 15.6 Å². The number of anilines is 2. The molecule has 0 aliphatic heterocycles. The van der Waals surface area contributed by atoms with Gasteiger partial charge in [-0.05, 0) is 43.2 Å². The Morgan fingerprint density at radius 1 is 1.25 bits per heavy atom. The highest BCUT2D eigenvalue weighted by Crippen LogP contribution is 2.22. The normalized spacial score (nSPS) is 11.3. The minimum Gasteiger partial charge on any atom is -0.398 e. The number of aromatic amines is 1. The number of H-pyrrole nitrogens is 1. The van der Waals surface area contributed by atoms with Gasteiger partial charge in [0.05, 0.1) is 4.90 Å². The Morgan fingerprint density at radius 3 is 2.50 bits per heavy atom. The van der Waals surface area contributed by atoms with Gasteiger partial charge in [-0.15, -0.1) is 0 Å². The SMILES string of the molecule is Cc1cc(S(=O)(=O)Nc2ccc(=O)[nH]n2)cc(N)c1C. The largest absolute Gasteiger partial charge is 0.398 e. The maximum atomic E-state index is 12.2. The molecular weight excluding hydrogens is 280 g/mol. The predicted octanol–water partition coefficient (Wildman–Crippen LogP) is 0.770. The monoisotopic (exact) mass is 294 g/mol. The Bertz CT molecular complexity index is 768. The van der Waals surface area contributed by atoms with Crippen molar-refractivity contribution in [2.45, 2.75) is 18.7 Å². The fourth-order valence-corrected chi connectivity index (χ4v) is 2.73. The Morgan fingerprint density at radius 2 is 1.95 bits per heavy atom. The lowest BCUT2D eigenvalue weighted by molar-refractivity contribution is 0.601. The molecule has 2 rings (SSSR count). The number of rotatable bonds is 3. The number of nitrogens with one attached hydrogen (secondary N) is 2. The molecular formula is C12H14N4O3S. The standard InChI is InChI=1S/C12H14N4O3S/c1-7-5-9(6-10(13)8(7)2)20(18,19)16-11-3-4-12(17)15-14-11/h3-6H,13H2,1-2H3,(H,14,16)(H,15,17). The summed E-state index contributed by atoms with van der Waals surface area (Å²) in [5.74, 6) is 0.0291. The van der Waals surface area contributed by atoms with E-state index in [1.54, 1.807) is 6.92 Å². The van der Waals surface area contributed by atoms with E-state index >= 15 is 0 Å². The van der Waals surface area contributed by atoms with Crippen molar-refractivity contribution >= 4 is 21.5 Å². The third-order valence-electron chi connectivity index (χ3n) is 2.91. The molecule has 0 atom stereocenters. The first-order valence-electron chi connectivity index (χ1n) is 5.75. The molecule has 1 aromatic heterocycles. The van der Waals surface area contributed by atoms with Crippen molar-refractivity contribution in [3.63, 3.8) is 0 Å². The molecule has 0 aliphatic carbocycles. The van der Waals surface area contributed by atoms with E-state index in [-0.39, 0.29) is 10.7 Å². The van der Waals surface area contributed by atoms with Crippen molar-refractivity contribution < 1.29 is 8.42 Å². The molecule has 0 spiro atoms. The third kappa shape index (κ3) is 2.80. The van der Waals surface area contributed by atoms with Crippen molar-refractivity contribution in [3.05, 3.63) is 45.7 Å². The maximum Gasteiger partial charge on any atom is 0.264 e. The van der Waals surface area contributed by atoms with Crippen LogP contribution < -0.4 is 16.0 Å². The highest BCUT2D eigenvalue weighted by molar-refractivity contribution is 7.92. The van der Waals surface area contributed by atoms with Crippen LogP contribution in [-0.2, 0) is 10.0 Å². The molecule has 1 heterocycles. The second-order valence-electron chi connectivity index (χ2n) is 4.37. The number of nitrogens with zero attached hydrogens (tertiary/aromatic N) is 1. The number of nitrogens with two attached hydrogens (primary N) is 1. The van der Waals surface area contributed by atoms with Crippen LogP contribution in [0.2, 0.25) is 0 Å². The first-order chi connectivity index (χ1) is 9.29. The fraction of sp³-hybridized carbons (Fsp3) is 0.167. The zero-order valence-electron chi connectivity index (χ0n) is 11.0. The number of nitrogen functional groups attached to an aromatic ring is 1. The number of hydrogen-bond acceptors (Lipinski definition) is 5. The van der Waals surface area contributed by atoms with Crippen molar-refractivity contribution in [1.82, 2.24) is 10.2 Å². The van der Waals surface area contributed by atoms with Gasteiger partial charge in [0.2, 0.25) is 0 Å². The molecule has 0 radical (unpaired) electrons. The number of aryl methyl sites for hydroxylation is 1. The predicted molar refractivity (Wildman–Crippen MR) is 76.0 cm³/mol. The molecule has 0 unspecified atom stereocenters. The van der Waals surface area contributed by atoms with Gasteiger partial charge >= 0.3 is 0 Å². The molecule has 20 heavy (non-hydrogen) atoms. The van der Waals surface area contributed by atoms with Crippen molar-refractivity contribution in [3.8, 4) is 0 Å². The topological polar surface area (TPSA) is 118 Å². The third-order valence-corrected chi connectivity index (χ3v) is 4.24. The van der Waals surface area contributed by atoms with Gasteiger partial charge in [-0.25, -0.2) is 13.5 Å². The summed E-state index contributed by atoms with van der Waals surface area (Å²) in [6, 6.07) is 5.37. The molecule has 7 nitrogen and oxygen atoms in total. The van der Waals surface area contributed by atoms with Crippen LogP contribution in [0.1, 0.15) is 11.1 Å². The molecule has 0 aliphatic rings. The second-order valence-corrected chi connectivity index (χ2v) is 6.05. The van der Waals surface area contributed by atoms with E-state index in [0.717, 1.165) is 11.1 Å². The van der Waals surface area contributed by atoms with Crippen LogP contribution in [0.25, 0.3) is 0 Å². The molecule has 106 valence electrons. The van der Waals surface area contributed by atoms with E-state index in [1.807, 2.05) is 6.92 Å². The number of aromatic nitrogens is 2. The Kier molecular flexibility index (Phi) is 3.49. The van der Waals surface area contributed by atoms with Crippen LogP contribution in [0.15, 0.2) is 34.0 Å². The Hall–Kier alpha value is -2.35. The molecule has 4 N–H and O–H groups in total. The van der Waals surface area contributed by atoms with Gasteiger partial charge in [0.15, 0.2) is 5.82 Å². The molecule has 0 saturated heterocycles. The summed E-state index contributed by atoms with van der Waals surface area (Å²) in [5, 5.41) is 5.74. The molecule has 8 heteroatoms. The minimum atomic E-state index is -3.80.